The van der Waals surface area contributed by atoms with Crippen LogP contribution in [-0.2, 0) is 19.1 Å². The fourth-order valence-electron chi connectivity index (χ4n) is 8.02. The summed E-state index contributed by atoms with van der Waals surface area (Å²) in [6.45, 7) is 9.33. The fraction of sp³-hybridized carbons (Fsp3) is 0.956. The van der Waals surface area contributed by atoms with Crippen LogP contribution in [0.15, 0.2) is 0 Å². The fourth-order valence-corrected chi connectivity index (χ4v) is 8.02. The molecule has 0 saturated carbocycles. The molecule has 0 aromatic heterocycles. The van der Waals surface area contributed by atoms with Gasteiger partial charge in [0, 0.05) is 32.0 Å². The predicted octanol–water partition coefficient (Wildman–Crippen LogP) is 12.7. The Bertz CT molecular complexity index is 760. The van der Waals surface area contributed by atoms with Crippen LogP contribution in [0.3, 0.4) is 0 Å². The van der Waals surface area contributed by atoms with E-state index in [1.54, 1.807) is 0 Å². The molecule has 1 N–H and O–H groups in total. The van der Waals surface area contributed by atoms with Gasteiger partial charge in [0.25, 0.3) is 0 Å². The summed E-state index contributed by atoms with van der Waals surface area (Å²) in [6.07, 6.45) is 38.7. The first kappa shape index (κ1) is 47.9. The van der Waals surface area contributed by atoms with Gasteiger partial charge in [-0.25, -0.2) is 0 Å². The summed E-state index contributed by atoms with van der Waals surface area (Å²) in [5.74, 6) is 0.575. The van der Waals surface area contributed by atoms with Crippen LogP contribution in [0.5, 0.6) is 0 Å². The van der Waals surface area contributed by atoms with Gasteiger partial charge in [-0.05, 0) is 70.1 Å². The molecule has 2 atom stereocenters. The molecular formula is C45H87NO5. The van der Waals surface area contributed by atoms with E-state index >= 15 is 0 Å². The quantitative estimate of drug-likeness (QED) is 0.0505. The van der Waals surface area contributed by atoms with Crippen molar-refractivity contribution in [1.82, 2.24) is 4.90 Å². The van der Waals surface area contributed by atoms with Crippen molar-refractivity contribution in [3.63, 3.8) is 0 Å². The second kappa shape index (κ2) is 35.9. The molecule has 0 radical (unpaired) electrons. The van der Waals surface area contributed by atoms with Crippen LogP contribution in [0.2, 0.25) is 0 Å². The van der Waals surface area contributed by atoms with Crippen molar-refractivity contribution in [2.75, 3.05) is 26.3 Å². The third-order valence-corrected chi connectivity index (χ3v) is 11.2. The minimum Gasteiger partial charge on any atom is -0.466 e. The van der Waals surface area contributed by atoms with Crippen molar-refractivity contribution < 1.29 is 24.2 Å². The van der Waals surface area contributed by atoms with Gasteiger partial charge < -0.3 is 14.6 Å². The Hall–Kier alpha value is -1.14. The second-order valence-corrected chi connectivity index (χ2v) is 16.1. The first-order chi connectivity index (χ1) is 25.0. The van der Waals surface area contributed by atoms with Crippen molar-refractivity contribution in [2.45, 2.75) is 245 Å². The lowest BCUT2D eigenvalue weighted by Gasteiger charge is -2.23. The lowest BCUT2D eigenvalue weighted by molar-refractivity contribution is -0.150. The van der Waals surface area contributed by atoms with Crippen LogP contribution in [-0.4, -0.2) is 60.4 Å². The molecule has 0 spiro atoms. The van der Waals surface area contributed by atoms with E-state index < -0.39 is 0 Å². The topological polar surface area (TPSA) is 76.1 Å². The molecule has 51 heavy (non-hydrogen) atoms. The number of aliphatic hydroxyl groups is 1. The Morgan fingerprint density at radius 3 is 1.65 bits per heavy atom. The minimum atomic E-state index is -0.0358. The second-order valence-electron chi connectivity index (χ2n) is 16.1. The van der Waals surface area contributed by atoms with Crippen molar-refractivity contribution in [3.05, 3.63) is 0 Å². The lowest BCUT2D eigenvalue weighted by atomic mass is 9.96. The van der Waals surface area contributed by atoms with Gasteiger partial charge in [0.2, 0.25) is 0 Å². The molecule has 1 heterocycles. The Morgan fingerprint density at radius 2 is 1.08 bits per heavy atom. The number of hydrogen-bond acceptors (Lipinski definition) is 6. The molecule has 302 valence electrons. The van der Waals surface area contributed by atoms with Gasteiger partial charge in [0.1, 0.15) is 6.10 Å². The highest BCUT2D eigenvalue weighted by molar-refractivity contribution is 5.69. The Kier molecular flexibility index (Phi) is 33.7. The molecule has 0 aromatic carbocycles. The van der Waals surface area contributed by atoms with Crippen LogP contribution in [0.1, 0.15) is 233 Å². The molecule has 0 aromatic rings. The summed E-state index contributed by atoms with van der Waals surface area (Å²) in [4.78, 5) is 27.5. The van der Waals surface area contributed by atoms with Crippen molar-refractivity contribution in [2.24, 2.45) is 5.92 Å². The zero-order valence-corrected chi connectivity index (χ0v) is 34.4. The highest BCUT2D eigenvalue weighted by Crippen LogP contribution is 2.30. The number of carbonyl (C=O) groups excluding carboxylic acids is 2. The van der Waals surface area contributed by atoms with Crippen LogP contribution < -0.4 is 0 Å². The van der Waals surface area contributed by atoms with E-state index in [1.807, 2.05) is 0 Å². The van der Waals surface area contributed by atoms with Gasteiger partial charge >= 0.3 is 11.9 Å². The molecule has 2 unspecified atom stereocenters. The maximum Gasteiger partial charge on any atom is 0.306 e. The van der Waals surface area contributed by atoms with Gasteiger partial charge in [0.05, 0.1) is 13.2 Å². The van der Waals surface area contributed by atoms with Gasteiger partial charge in [-0.3, -0.25) is 14.5 Å². The average molecular weight is 722 g/mol. The monoisotopic (exact) mass is 722 g/mol. The predicted molar refractivity (Wildman–Crippen MR) is 216 cm³/mol. The van der Waals surface area contributed by atoms with E-state index in [4.69, 9.17) is 9.47 Å². The highest BCUT2D eigenvalue weighted by atomic mass is 16.5. The summed E-state index contributed by atoms with van der Waals surface area (Å²) in [5.41, 5.74) is 0. The van der Waals surface area contributed by atoms with E-state index in [1.165, 1.54) is 128 Å². The Morgan fingerprint density at radius 1 is 0.588 bits per heavy atom. The van der Waals surface area contributed by atoms with E-state index in [9.17, 15) is 14.7 Å². The van der Waals surface area contributed by atoms with Gasteiger partial charge in [-0.15, -0.1) is 0 Å². The summed E-state index contributed by atoms with van der Waals surface area (Å²) in [7, 11) is 0. The molecule has 1 aliphatic heterocycles. The normalized spacial score (nSPS) is 16.3. The first-order valence-electron chi connectivity index (χ1n) is 22.7. The standard InChI is InChI=1S/C45H87NO5/c1-4-7-10-13-16-17-18-23-28-38-50-44(48)35-29-30-41-39-42(46(40-41)36-37-47)31-24-21-22-27-34-45(49)51-43(32-25-19-14-11-8-5-2)33-26-20-15-12-9-6-3/h41-43,47H,4-40H2,1-3H3. The summed E-state index contributed by atoms with van der Waals surface area (Å²) in [5, 5.41) is 9.67. The molecule has 1 saturated heterocycles. The number of carbonyl (C=O) groups is 2. The first-order valence-corrected chi connectivity index (χ1v) is 22.7. The van der Waals surface area contributed by atoms with E-state index in [0.29, 0.717) is 31.4 Å². The van der Waals surface area contributed by atoms with E-state index in [2.05, 4.69) is 25.7 Å². The van der Waals surface area contributed by atoms with Crippen LogP contribution in [0.4, 0.5) is 0 Å². The maximum absolute atomic E-state index is 12.8. The SMILES string of the molecule is CCCCCCCCCCCOC(=O)CCCC1CC(CCCCCCC(=O)OC(CCCCCCCC)CCCCCCCC)N(CCO)C1. The van der Waals surface area contributed by atoms with Crippen molar-refractivity contribution >= 4 is 11.9 Å². The number of esters is 2. The molecular weight excluding hydrogens is 634 g/mol. The third kappa shape index (κ3) is 29.0. The number of aliphatic hydroxyl groups excluding tert-OH is 1. The number of ether oxygens (including phenoxy) is 2. The van der Waals surface area contributed by atoms with Crippen molar-refractivity contribution in [3.8, 4) is 0 Å². The van der Waals surface area contributed by atoms with E-state index in [0.717, 1.165) is 83.7 Å². The Labute approximate surface area is 317 Å². The van der Waals surface area contributed by atoms with Gasteiger partial charge in [0.15, 0.2) is 0 Å². The molecule has 1 rings (SSSR count). The molecule has 0 aliphatic carbocycles. The number of nitrogens with zero attached hydrogens (tertiary/aromatic N) is 1. The average Bonchev–Trinajstić information content (AvgIpc) is 3.50. The number of rotatable bonds is 38. The van der Waals surface area contributed by atoms with Gasteiger partial charge in [-0.1, -0.05) is 156 Å². The number of likely N-dealkylation sites (tertiary alicyclic amines) is 1. The molecule has 0 amide bonds. The molecule has 1 fully saturated rings. The summed E-state index contributed by atoms with van der Waals surface area (Å²) < 4.78 is 11.6. The number of unbranched alkanes of at least 4 members (excludes halogenated alkanes) is 21. The molecule has 6 heteroatoms. The van der Waals surface area contributed by atoms with E-state index in [-0.39, 0.29) is 24.6 Å². The minimum absolute atomic E-state index is 0.0112. The van der Waals surface area contributed by atoms with Crippen LogP contribution in [0.25, 0.3) is 0 Å². The third-order valence-electron chi connectivity index (χ3n) is 11.2. The van der Waals surface area contributed by atoms with Gasteiger partial charge in [-0.2, -0.15) is 0 Å². The zero-order valence-electron chi connectivity index (χ0n) is 34.4. The summed E-state index contributed by atoms with van der Waals surface area (Å²) in [6, 6.07) is 0.524. The van der Waals surface area contributed by atoms with Crippen LogP contribution in [0, 0.1) is 5.92 Å². The smallest absolute Gasteiger partial charge is 0.306 e. The number of hydrogen-bond donors (Lipinski definition) is 1. The molecule has 6 nitrogen and oxygen atoms in total. The number of β-amino-alcohol motifs (C(OH)–C–C–N with tert-alkyl or cyclic N) is 1. The lowest BCUT2D eigenvalue weighted by Crippen LogP contribution is -2.32. The summed E-state index contributed by atoms with van der Waals surface area (Å²) >= 11 is 0. The van der Waals surface area contributed by atoms with Crippen LogP contribution >= 0.6 is 0 Å². The molecule has 0 bridgehead atoms. The highest BCUT2D eigenvalue weighted by Gasteiger charge is 2.30. The van der Waals surface area contributed by atoms with Crippen molar-refractivity contribution in [1.29, 1.82) is 0 Å². The Balaban J connectivity index is 2.21. The molecule has 1 aliphatic rings. The zero-order chi connectivity index (χ0) is 37.0. The largest absolute Gasteiger partial charge is 0.466 e. The maximum atomic E-state index is 12.8.